The molecule has 6 heteroatoms. The van der Waals surface area contributed by atoms with E-state index in [1.165, 1.54) is 11.0 Å². The molecular weight excluding hydrogens is 145 g/mol. The highest BCUT2D eigenvalue weighted by Crippen LogP contribution is 2.32. The molecule has 1 fully saturated rings. The van der Waals surface area contributed by atoms with Crippen molar-refractivity contribution in [3.8, 4) is 0 Å². The van der Waals surface area contributed by atoms with Crippen molar-refractivity contribution >= 4 is 12.7 Å². The van der Waals surface area contributed by atoms with Crippen LogP contribution in [0, 0.1) is 0 Å². The molecule has 1 heterocycles. The van der Waals surface area contributed by atoms with Gasteiger partial charge in [-0.15, -0.1) is 0 Å². The number of rotatable bonds is 2. The number of aromatic nitrogens is 3. The molecule has 5 nitrogen and oxygen atoms in total. The predicted octanol–water partition coefficient (Wildman–Crippen LogP) is -1.71. The Bertz CT molecular complexity index is 241. The average Bonchev–Trinajstić information content (AvgIpc) is 2.68. The van der Waals surface area contributed by atoms with E-state index < -0.39 is 7.12 Å². The highest BCUT2D eigenvalue weighted by Gasteiger charge is 2.27. The third kappa shape index (κ3) is 1.27. The Morgan fingerprint density at radius 2 is 2.27 bits per heavy atom. The molecule has 0 bridgehead atoms. The lowest BCUT2D eigenvalue weighted by atomic mass is 9.87. The van der Waals surface area contributed by atoms with Crippen molar-refractivity contribution < 1.29 is 10.0 Å². The summed E-state index contributed by atoms with van der Waals surface area (Å²) in [5, 5.41) is 25.1. The Kier molecular flexibility index (Phi) is 1.43. The monoisotopic (exact) mass is 153 g/mol. The summed E-state index contributed by atoms with van der Waals surface area (Å²) in [5.41, 5.74) is 0.219. The zero-order valence-corrected chi connectivity index (χ0v) is 5.88. The van der Waals surface area contributed by atoms with Gasteiger partial charge in [0.2, 0.25) is 0 Å². The first-order chi connectivity index (χ1) is 5.27. The molecule has 0 spiro atoms. The summed E-state index contributed by atoms with van der Waals surface area (Å²) >= 11 is 0. The molecular formula is C5H8BN3O2. The van der Waals surface area contributed by atoms with Gasteiger partial charge in [-0.1, -0.05) is 0 Å². The first kappa shape index (κ1) is 6.81. The molecule has 0 saturated heterocycles. The van der Waals surface area contributed by atoms with Crippen LogP contribution >= 0.6 is 0 Å². The van der Waals surface area contributed by atoms with Gasteiger partial charge >= 0.3 is 7.12 Å². The summed E-state index contributed by atoms with van der Waals surface area (Å²) in [5.74, 6) is 0. The fourth-order valence-electron chi connectivity index (χ4n) is 0.888. The van der Waals surface area contributed by atoms with Gasteiger partial charge in [0.1, 0.15) is 5.59 Å². The van der Waals surface area contributed by atoms with Crippen molar-refractivity contribution in [3.63, 3.8) is 0 Å². The Morgan fingerprint density at radius 3 is 2.73 bits per heavy atom. The van der Waals surface area contributed by atoms with Crippen molar-refractivity contribution in [1.82, 2.24) is 15.0 Å². The van der Waals surface area contributed by atoms with Gasteiger partial charge in [-0.05, 0) is 12.8 Å². The van der Waals surface area contributed by atoms with Gasteiger partial charge in [-0.3, -0.25) is 0 Å². The van der Waals surface area contributed by atoms with Crippen LogP contribution in [0.5, 0.6) is 0 Å². The zero-order chi connectivity index (χ0) is 7.84. The summed E-state index contributed by atoms with van der Waals surface area (Å²) < 4.78 is 0. The molecule has 1 saturated carbocycles. The Labute approximate surface area is 63.8 Å². The van der Waals surface area contributed by atoms with Crippen molar-refractivity contribution in [2.75, 3.05) is 0 Å². The smallest absolute Gasteiger partial charge is 0.422 e. The number of hydrogen-bond donors (Lipinski definition) is 2. The van der Waals surface area contributed by atoms with Crippen molar-refractivity contribution in [1.29, 1.82) is 0 Å². The van der Waals surface area contributed by atoms with Crippen molar-refractivity contribution in [3.05, 3.63) is 6.20 Å². The third-order valence-corrected chi connectivity index (χ3v) is 1.66. The van der Waals surface area contributed by atoms with Gasteiger partial charge in [-0.25, -0.2) is 0 Å². The highest BCUT2D eigenvalue weighted by molar-refractivity contribution is 6.57. The van der Waals surface area contributed by atoms with Crippen LogP contribution in [-0.4, -0.2) is 32.2 Å². The minimum atomic E-state index is -1.50. The quantitative estimate of drug-likeness (QED) is 0.496. The van der Waals surface area contributed by atoms with Crippen LogP contribution < -0.4 is 5.59 Å². The van der Waals surface area contributed by atoms with Crippen molar-refractivity contribution in [2.24, 2.45) is 0 Å². The van der Waals surface area contributed by atoms with E-state index in [-0.39, 0.29) is 5.59 Å². The molecule has 2 N–H and O–H groups in total. The van der Waals surface area contributed by atoms with Crippen LogP contribution in [0.2, 0.25) is 0 Å². The van der Waals surface area contributed by atoms with E-state index >= 15 is 0 Å². The lowest BCUT2D eigenvalue weighted by molar-refractivity contribution is 0.423. The summed E-state index contributed by atoms with van der Waals surface area (Å²) in [6.45, 7) is 0. The lowest BCUT2D eigenvalue weighted by Gasteiger charge is -1.91. The Morgan fingerprint density at radius 1 is 1.55 bits per heavy atom. The van der Waals surface area contributed by atoms with Crippen LogP contribution in [0.1, 0.15) is 18.9 Å². The van der Waals surface area contributed by atoms with Crippen LogP contribution in [0.15, 0.2) is 6.20 Å². The van der Waals surface area contributed by atoms with Crippen LogP contribution in [0.4, 0.5) is 0 Å². The van der Waals surface area contributed by atoms with E-state index in [0.29, 0.717) is 6.04 Å². The molecule has 0 aliphatic heterocycles. The molecule has 1 aliphatic rings. The average molecular weight is 153 g/mol. The van der Waals surface area contributed by atoms with E-state index in [1.807, 2.05) is 0 Å². The summed E-state index contributed by atoms with van der Waals surface area (Å²) in [6, 6.07) is 0.391. The largest absolute Gasteiger partial charge is 0.511 e. The molecule has 1 aromatic rings. The maximum atomic E-state index is 8.68. The molecule has 1 aromatic heterocycles. The maximum absolute atomic E-state index is 8.68. The second-order valence-electron chi connectivity index (χ2n) is 2.69. The highest BCUT2D eigenvalue weighted by atomic mass is 16.4. The second-order valence-corrected chi connectivity index (χ2v) is 2.69. The topological polar surface area (TPSA) is 71.2 Å². The third-order valence-electron chi connectivity index (χ3n) is 1.66. The zero-order valence-electron chi connectivity index (χ0n) is 5.88. The number of hydrogen-bond acceptors (Lipinski definition) is 4. The van der Waals surface area contributed by atoms with Gasteiger partial charge in [-0.2, -0.15) is 15.0 Å². The SMILES string of the molecule is OB(O)c1cnn(C2CC2)n1. The lowest BCUT2D eigenvalue weighted by Crippen LogP contribution is -2.31. The molecule has 0 radical (unpaired) electrons. The first-order valence-electron chi connectivity index (χ1n) is 3.55. The minimum absolute atomic E-state index is 0.219. The van der Waals surface area contributed by atoms with E-state index in [1.54, 1.807) is 0 Å². The number of nitrogens with zero attached hydrogens (tertiary/aromatic N) is 3. The minimum Gasteiger partial charge on any atom is -0.422 e. The van der Waals surface area contributed by atoms with E-state index in [0.717, 1.165) is 12.8 Å². The molecule has 11 heavy (non-hydrogen) atoms. The van der Waals surface area contributed by atoms with Gasteiger partial charge < -0.3 is 10.0 Å². The first-order valence-corrected chi connectivity index (χ1v) is 3.55. The Hall–Kier alpha value is -0.875. The fourth-order valence-corrected chi connectivity index (χ4v) is 0.888. The molecule has 1 aliphatic carbocycles. The predicted molar refractivity (Wildman–Crippen MR) is 38.1 cm³/mol. The molecule has 0 aromatic carbocycles. The van der Waals surface area contributed by atoms with E-state index in [2.05, 4.69) is 10.2 Å². The molecule has 0 atom stereocenters. The normalized spacial score (nSPS) is 16.9. The van der Waals surface area contributed by atoms with E-state index in [9.17, 15) is 0 Å². The second kappa shape index (κ2) is 2.32. The standard InChI is InChI=1S/C5H8BN3O2/c10-6(11)5-3-7-9(8-5)4-1-2-4/h3-4,10-11H,1-2H2. The summed E-state index contributed by atoms with van der Waals surface area (Å²) in [6.07, 6.45) is 3.56. The molecule has 0 unspecified atom stereocenters. The van der Waals surface area contributed by atoms with Gasteiger partial charge in [0, 0.05) is 0 Å². The summed E-state index contributed by atoms with van der Waals surface area (Å²) in [7, 11) is -1.50. The van der Waals surface area contributed by atoms with Crippen LogP contribution in [-0.2, 0) is 0 Å². The van der Waals surface area contributed by atoms with Gasteiger partial charge in [0.15, 0.2) is 0 Å². The van der Waals surface area contributed by atoms with Crippen LogP contribution in [0.25, 0.3) is 0 Å². The fraction of sp³-hybridized carbons (Fsp3) is 0.600. The van der Waals surface area contributed by atoms with Crippen LogP contribution in [0.3, 0.4) is 0 Å². The maximum Gasteiger partial charge on any atom is 0.511 e. The Balaban J connectivity index is 2.18. The van der Waals surface area contributed by atoms with Crippen molar-refractivity contribution in [2.45, 2.75) is 18.9 Å². The van der Waals surface area contributed by atoms with Gasteiger partial charge in [0.05, 0.1) is 12.2 Å². The molecule has 58 valence electrons. The summed E-state index contributed by atoms with van der Waals surface area (Å²) in [4.78, 5) is 1.54. The molecule has 2 rings (SSSR count). The van der Waals surface area contributed by atoms with Gasteiger partial charge in [0.25, 0.3) is 0 Å². The van der Waals surface area contributed by atoms with E-state index in [4.69, 9.17) is 10.0 Å². The molecule has 0 amide bonds.